The van der Waals surface area contributed by atoms with Gasteiger partial charge in [0.15, 0.2) is 0 Å². The summed E-state index contributed by atoms with van der Waals surface area (Å²) < 4.78 is 10.6. The molecule has 0 spiro atoms. The number of benzene rings is 2. The molecular weight excluding hydrogens is 348 g/mol. The Kier molecular flexibility index (Phi) is 7.84. The summed E-state index contributed by atoms with van der Waals surface area (Å²) in [4.78, 5) is 22.1. The molecule has 0 saturated carbocycles. The second kappa shape index (κ2) is 10.6. The number of nitrogens with zero attached hydrogens (tertiary/aromatic N) is 1. The van der Waals surface area contributed by atoms with Gasteiger partial charge in [-0.25, -0.2) is 4.79 Å². The lowest BCUT2D eigenvalue weighted by Gasteiger charge is -2.07. The molecule has 0 radical (unpaired) electrons. The van der Waals surface area contributed by atoms with Crippen molar-refractivity contribution < 1.29 is 19.2 Å². The van der Waals surface area contributed by atoms with Gasteiger partial charge in [-0.1, -0.05) is 42.5 Å². The van der Waals surface area contributed by atoms with Crippen molar-refractivity contribution >= 4 is 17.9 Å². The molecule has 2 aromatic rings. The largest absolute Gasteiger partial charge is 0.493 e. The fourth-order valence-electron chi connectivity index (χ4n) is 2.31. The summed E-state index contributed by atoms with van der Waals surface area (Å²) in [7, 11) is 0. The molecule has 142 valence electrons. The van der Waals surface area contributed by atoms with Gasteiger partial charge >= 0.3 is 6.09 Å². The molecular formula is C20H22N2O5. The summed E-state index contributed by atoms with van der Waals surface area (Å²) in [6.45, 7) is 2.92. The van der Waals surface area contributed by atoms with E-state index < -0.39 is 11.0 Å². The van der Waals surface area contributed by atoms with Crippen molar-refractivity contribution in [2.24, 2.45) is 0 Å². The first kappa shape index (κ1) is 20.0. The number of nitro benzene ring substituents is 1. The Labute approximate surface area is 157 Å². The van der Waals surface area contributed by atoms with Crippen LogP contribution in [0, 0.1) is 10.1 Å². The van der Waals surface area contributed by atoms with Crippen LogP contribution in [0.4, 0.5) is 10.5 Å². The highest BCUT2D eigenvalue weighted by molar-refractivity contribution is 5.67. The number of hydrogen-bond donors (Lipinski definition) is 1. The summed E-state index contributed by atoms with van der Waals surface area (Å²) in [6.07, 6.45) is 3.63. The molecule has 0 fully saturated rings. The molecule has 0 atom stereocenters. The van der Waals surface area contributed by atoms with E-state index in [1.54, 1.807) is 12.1 Å². The van der Waals surface area contributed by atoms with Crippen LogP contribution < -0.4 is 10.1 Å². The SMILES string of the molecule is CCOc1ccc([N+](=O)[O-])cc1C=CCCNC(=O)OCc1ccccc1. The van der Waals surface area contributed by atoms with E-state index in [9.17, 15) is 14.9 Å². The third kappa shape index (κ3) is 6.81. The monoisotopic (exact) mass is 370 g/mol. The highest BCUT2D eigenvalue weighted by Crippen LogP contribution is 2.25. The van der Waals surface area contributed by atoms with Crippen LogP contribution in [0.1, 0.15) is 24.5 Å². The summed E-state index contributed by atoms with van der Waals surface area (Å²) in [6, 6.07) is 13.9. The number of nitro groups is 1. The maximum Gasteiger partial charge on any atom is 0.407 e. The number of alkyl carbamates (subject to hydrolysis) is 1. The molecule has 1 N–H and O–H groups in total. The van der Waals surface area contributed by atoms with Crippen molar-refractivity contribution in [1.82, 2.24) is 5.32 Å². The van der Waals surface area contributed by atoms with Gasteiger partial charge < -0.3 is 14.8 Å². The Morgan fingerprint density at radius 2 is 2.00 bits per heavy atom. The first-order valence-electron chi connectivity index (χ1n) is 8.62. The van der Waals surface area contributed by atoms with E-state index in [-0.39, 0.29) is 12.3 Å². The second-order valence-electron chi connectivity index (χ2n) is 5.59. The van der Waals surface area contributed by atoms with Crippen molar-refractivity contribution in [3.8, 4) is 5.75 Å². The molecule has 0 unspecified atom stereocenters. The van der Waals surface area contributed by atoms with Crippen molar-refractivity contribution in [2.75, 3.05) is 13.2 Å². The van der Waals surface area contributed by atoms with Gasteiger partial charge in [0, 0.05) is 24.2 Å². The van der Waals surface area contributed by atoms with Crippen molar-refractivity contribution in [2.45, 2.75) is 20.0 Å². The zero-order chi connectivity index (χ0) is 19.5. The predicted molar refractivity (Wildman–Crippen MR) is 103 cm³/mol. The molecule has 0 bridgehead atoms. The number of ether oxygens (including phenoxy) is 2. The number of rotatable bonds is 9. The Morgan fingerprint density at radius 3 is 2.70 bits per heavy atom. The zero-order valence-corrected chi connectivity index (χ0v) is 15.1. The van der Waals surface area contributed by atoms with Gasteiger partial charge in [-0.3, -0.25) is 10.1 Å². The fourth-order valence-corrected chi connectivity index (χ4v) is 2.31. The predicted octanol–water partition coefficient (Wildman–Crippen LogP) is 4.32. The Bertz CT molecular complexity index is 790. The van der Waals surface area contributed by atoms with Crippen LogP contribution in [0.3, 0.4) is 0 Å². The van der Waals surface area contributed by atoms with Crippen LogP contribution in [-0.2, 0) is 11.3 Å². The van der Waals surface area contributed by atoms with Gasteiger partial charge in [0.25, 0.3) is 5.69 Å². The van der Waals surface area contributed by atoms with Gasteiger partial charge in [-0.05, 0) is 25.0 Å². The highest BCUT2D eigenvalue weighted by atomic mass is 16.6. The standard InChI is InChI=1S/C20H22N2O5/c1-2-26-19-12-11-18(22(24)25)14-17(19)10-6-7-13-21-20(23)27-15-16-8-4-3-5-9-16/h3-6,8-12,14H,2,7,13,15H2,1H3,(H,21,23). The van der Waals surface area contributed by atoms with E-state index in [0.29, 0.717) is 30.9 Å². The van der Waals surface area contributed by atoms with E-state index in [0.717, 1.165) is 5.56 Å². The van der Waals surface area contributed by atoms with Crippen molar-refractivity contribution in [1.29, 1.82) is 0 Å². The molecule has 0 aliphatic carbocycles. The van der Waals surface area contributed by atoms with Crippen LogP contribution in [-0.4, -0.2) is 24.2 Å². The van der Waals surface area contributed by atoms with Crippen LogP contribution in [0.15, 0.2) is 54.6 Å². The lowest BCUT2D eigenvalue weighted by Crippen LogP contribution is -2.24. The number of nitrogens with one attached hydrogen (secondary N) is 1. The number of carbonyl (C=O) groups is 1. The molecule has 2 aromatic carbocycles. The summed E-state index contributed by atoms with van der Waals surface area (Å²) in [5.74, 6) is 0.578. The smallest absolute Gasteiger partial charge is 0.407 e. The van der Waals surface area contributed by atoms with E-state index in [1.807, 2.05) is 43.3 Å². The van der Waals surface area contributed by atoms with Gasteiger partial charge in [-0.15, -0.1) is 0 Å². The molecule has 0 aliphatic rings. The number of carbonyl (C=O) groups excluding carboxylic acids is 1. The second-order valence-corrected chi connectivity index (χ2v) is 5.59. The molecule has 0 aromatic heterocycles. The minimum absolute atomic E-state index is 0.000665. The van der Waals surface area contributed by atoms with Crippen LogP contribution in [0.2, 0.25) is 0 Å². The lowest BCUT2D eigenvalue weighted by molar-refractivity contribution is -0.384. The molecule has 0 heterocycles. The van der Waals surface area contributed by atoms with Gasteiger partial charge in [0.1, 0.15) is 12.4 Å². The average Bonchev–Trinajstić information content (AvgIpc) is 2.68. The third-order valence-corrected chi connectivity index (χ3v) is 3.59. The minimum Gasteiger partial charge on any atom is -0.493 e. The van der Waals surface area contributed by atoms with E-state index in [1.165, 1.54) is 12.1 Å². The molecule has 7 heteroatoms. The topological polar surface area (TPSA) is 90.7 Å². The zero-order valence-electron chi connectivity index (χ0n) is 15.1. The van der Waals surface area contributed by atoms with Crippen LogP contribution >= 0.6 is 0 Å². The first-order valence-corrected chi connectivity index (χ1v) is 8.62. The highest BCUT2D eigenvalue weighted by Gasteiger charge is 2.09. The normalized spacial score (nSPS) is 10.6. The summed E-state index contributed by atoms with van der Waals surface area (Å²) in [5.41, 5.74) is 1.54. The van der Waals surface area contributed by atoms with E-state index in [2.05, 4.69) is 5.32 Å². The molecule has 0 saturated heterocycles. The van der Waals surface area contributed by atoms with Crippen molar-refractivity contribution in [3.63, 3.8) is 0 Å². The van der Waals surface area contributed by atoms with Crippen LogP contribution in [0.25, 0.3) is 6.08 Å². The first-order chi connectivity index (χ1) is 13.1. The maximum atomic E-state index is 11.7. The number of non-ortho nitro benzene ring substituents is 1. The quantitative estimate of drug-likeness (QED) is 0.403. The number of hydrogen-bond acceptors (Lipinski definition) is 5. The van der Waals surface area contributed by atoms with Crippen LogP contribution in [0.5, 0.6) is 5.75 Å². The molecule has 27 heavy (non-hydrogen) atoms. The lowest BCUT2D eigenvalue weighted by atomic mass is 10.1. The molecule has 1 amide bonds. The van der Waals surface area contributed by atoms with Gasteiger partial charge in [-0.2, -0.15) is 0 Å². The van der Waals surface area contributed by atoms with Gasteiger partial charge in [0.05, 0.1) is 11.5 Å². The van der Waals surface area contributed by atoms with Crippen molar-refractivity contribution in [3.05, 3.63) is 75.8 Å². The average molecular weight is 370 g/mol. The Morgan fingerprint density at radius 1 is 1.22 bits per heavy atom. The fraction of sp³-hybridized carbons (Fsp3) is 0.250. The third-order valence-electron chi connectivity index (χ3n) is 3.59. The Hall–Kier alpha value is -3.35. The molecule has 2 rings (SSSR count). The summed E-state index contributed by atoms with van der Waals surface area (Å²) in [5, 5.41) is 13.6. The van der Waals surface area contributed by atoms with E-state index >= 15 is 0 Å². The Balaban J connectivity index is 1.80. The molecule has 0 aliphatic heterocycles. The van der Waals surface area contributed by atoms with E-state index in [4.69, 9.17) is 9.47 Å². The van der Waals surface area contributed by atoms with Gasteiger partial charge in [0.2, 0.25) is 0 Å². The summed E-state index contributed by atoms with van der Waals surface area (Å²) >= 11 is 0. The maximum absolute atomic E-state index is 11.7. The number of amides is 1. The molecule has 7 nitrogen and oxygen atoms in total. The minimum atomic E-state index is -0.488.